The van der Waals surface area contributed by atoms with Gasteiger partial charge in [0.05, 0.1) is 6.10 Å². The first kappa shape index (κ1) is 18.8. The van der Waals surface area contributed by atoms with Crippen molar-refractivity contribution in [1.82, 2.24) is 0 Å². The van der Waals surface area contributed by atoms with E-state index in [-0.39, 0.29) is 28.6 Å². The van der Waals surface area contributed by atoms with Gasteiger partial charge in [-0.2, -0.15) is 0 Å². The van der Waals surface area contributed by atoms with Gasteiger partial charge < -0.3 is 10.2 Å². The maximum Gasteiger partial charge on any atom is 0.178 e. The minimum Gasteiger partial charge on any atom is -0.400 e. The zero-order valence-corrected chi connectivity index (χ0v) is 16.3. The molecule has 0 bridgehead atoms. The Morgan fingerprint density at radius 1 is 1.20 bits per heavy atom. The number of allylic oxidation sites excluding steroid dienone is 4. The third-order valence-corrected chi connectivity index (χ3v) is 8.45. The highest BCUT2D eigenvalue weighted by atomic mass is 16.3. The van der Waals surface area contributed by atoms with E-state index in [2.05, 4.69) is 33.8 Å². The molecule has 3 heteroatoms. The molecule has 0 aromatic heterocycles. The van der Waals surface area contributed by atoms with Crippen LogP contribution in [0.1, 0.15) is 53.4 Å². The quantitative estimate of drug-likeness (QED) is 0.702. The predicted octanol–water partition coefficient (Wildman–Crippen LogP) is 3.76. The topological polar surface area (TPSA) is 57.5 Å². The largest absolute Gasteiger partial charge is 0.400 e. The van der Waals surface area contributed by atoms with Crippen molar-refractivity contribution in [2.45, 2.75) is 59.5 Å². The molecule has 3 fully saturated rings. The van der Waals surface area contributed by atoms with Gasteiger partial charge >= 0.3 is 0 Å². The number of carbonyl (C=O) groups is 1. The molecule has 3 nitrogen and oxygen atoms in total. The second kappa shape index (κ2) is 6.35. The van der Waals surface area contributed by atoms with Crippen LogP contribution in [0.2, 0.25) is 0 Å². The van der Waals surface area contributed by atoms with E-state index in [9.17, 15) is 9.90 Å². The highest BCUT2D eigenvalue weighted by molar-refractivity contribution is 6.01. The number of fused-ring (bicyclic) bond motifs is 5. The summed E-state index contributed by atoms with van der Waals surface area (Å²) in [5.74, 6) is 3.17. The van der Waals surface area contributed by atoms with Gasteiger partial charge in [0.1, 0.15) is 0 Å². The van der Waals surface area contributed by atoms with Crippen LogP contribution in [-0.2, 0) is 4.79 Å². The van der Waals surface area contributed by atoms with Crippen LogP contribution < -0.4 is 0 Å². The summed E-state index contributed by atoms with van der Waals surface area (Å²) in [7, 11) is 1.00. The van der Waals surface area contributed by atoms with Crippen molar-refractivity contribution < 1.29 is 15.0 Å². The van der Waals surface area contributed by atoms with Crippen molar-refractivity contribution in [1.29, 1.82) is 0 Å². The Labute approximate surface area is 152 Å². The van der Waals surface area contributed by atoms with Crippen molar-refractivity contribution >= 4 is 5.78 Å². The first-order chi connectivity index (χ1) is 11.8. The molecule has 0 aromatic rings. The minimum atomic E-state index is -0.249. The van der Waals surface area contributed by atoms with Crippen molar-refractivity contribution in [3.8, 4) is 0 Å². The van der Waals surface area contributed by atoms with Crippen LogP contribution in [0.5, 0.6) is 0 Å². The van der Waals surface area contributed by atoms with Gasteiger partial charge in [-0.1, -0.05) is 39.3 Å². The number of aliphatic hydroxyl groups excluding tert-OH is 2. The van der Waals surface area contributed by atoms with Crippen LogP contribution in [0.25, 0.3) is 0 Å². The standard InChI is InChI=1S/C21H30O2.CH4O/c1-12-9-17-16-6-5-14-10-15(22)7-8-20(14,3)19(16)18(23)11-21(17,4)13(12)2;1-2/h7-8,10,12-13,16-19,23H,5-6,9,11H2,1-4H3;2H,1H3. The molecule has 25 heavy (non-hydrogen) atoms. The van der Waals surface area contributed by atoms with E-state index >= 15 is 0 Å². The van der Waals surface area contributed by atoms with Crippen molar-refractivity contribution in [3.63, 3.8) is 0 Å². The summed E-state index contributed by atoms with van der Waals surface area (Å²) >= 11 is 0. The monoisotopic (exact) mass is 346 g/mol. The highest BCUT2D eigenvalue weighted by Crippen LogP contribution is 2.66. The van der Waals surface area contributed by atoms with Crippen LogP contribution in [0.3, 0.4) is 0 Å². The number of carbonyl (C=O) groups excluding carboxylic acids is 1. The number of rotatable bonds is 0. The lowest BCUT2D eigenvalue weighted by Crippen LogP contribution is -2.55. The molecule has 2 N–H and O–H groups in total. The van der Waals surface area contributed by atoms with Crippen LogP contribution in [0.4, 0.5) is 0 Å². The Kier molecular flexibility index (Phi) is 4.79. The van der Waals surface area contributed by atoms with E-state index in [1.54, 1.807) is 6.08 Å². The SMILES string of the molecule is CC1CC2C3CCC4=CC(=O)C=CC4(C)C3C(O)CC2(C)C1C.CO. The Morgan fingerprint density at radius 2 is 1.88 bits per heavy atom. The van der Waals surface area contributed by atoms with E-state index < -0.39 is 0 Å². The minimum absolute atomic E-state index is 0.118. The van der Waals surface area contributed by atoms with Crippen LogP contribution in [0, 0.1) is 40.4 Å². The first-order valence-electron chi connectivity index (χ1n) is 9.84. The van der Waals surface area contributed by atoms with Gasteiger partial charge in [0.25, 0.3) is 0 Å². The molecular weight excluding hydrogens is 312 g/mol. The van der Waals surface area contributed by atoms with Gasteiger partial charge in [0.15, 0.2) is 5.78 Å². The highest BCUT2D eigenvalue weighted by Gasteiger charge is 2.61. The molecule has 0 amide bonds. The smallest absolute Gasteiger partial charge is 0.178 e. The molecule has 0 saturated heterocycles. The Morgan fingerprint density at radius 3 is 2.56 bits per heavy atom. The van der Waals surface area contributed by atoms with E-state index in [1.807, 2.05) is 6.08 Å². The summed E-state index contributed by atoms with van der Waals surface area (Å²) in [6, 6.07) is 0. The van der Waals surface area contributed by atoms with Gasteiger partial charge in [0, 0.05) is 18.4 Å². The van der Waals surface area contributed by atoms with Crippen molar-refractivity contribution in [3.05, 3.63) is 23.8 Å². The molecule has 3 saturated carbocycles. The molecular formula is C22H34O3. The molecule has 0 radical (unpaired) electrons. The number of ketones is 1. The van der Waals surface area contributed by atoms with Crippen molar-refractivity contribution in [2.24, 2.45) is 40.4 Å². The lowest BCUT2D eigenvalue weighted by molar-refractivity contribution is -0.117. The average Bonchev–Trinajstić information content (AvgIpc) is 2.80. The summed E-state index contributed by atoms with van der Waals surface area (Å²) < 4.78 is 0. The zero-order valence-electron chi connectivity index (χ0n) is 16.3. The molecule has 4 aliphatic carbocycles. The number of aliphatic hydroxyl groups is 2. The third kappa shape index (κ3) is 2.57. The van der Waals surface area contributed by atoms with E-state index in [1.165, 1.54) is 12.0 Å². The van der Waals surface area contributed by atoms with Gasteiger partial charge in [-0.05, 0) is 66.9 Å². The maximum atomic E-state index is 11.8. The van der Waals surface area contributed by atoms with Gasteiger partial charge in [-0.3, -0.25) is 4.79 Å². The lowest BCUT2D eigenvalue weighted by atomic mass is 9.47. The third-order valence-electron chi connectivity index (χ3n) is 8.45. The van der Waals surface area contributed by atoms with Crippen LogP contribution in [0.15, 0.2) is 23.8 Å². The Hall–Kier alpha value is -0.930. The predicted molar refractivity (Wildman–Crippen MR) is 99.9 cm³/mol. The van der Waals surface area contributed by atoms with Gasteiger partial charge in [-0.25, -0.2) is 0 Å². The first-order valence-corrected chi connectivity index (χ1v) is 9.84. The second-order valence-electron chi connectivity index (χ2n) is 9.30. The molecule has 4 rings (SSSR count). The molecule has 140 valence electrons. The fourth-order valence-corrected chi connectivity index (χ4v) is 6.93. The normalized spacial score (nSPS) is 50.8. The average molecular weight is 347 g/mol. The Bertz CT molecular complexity index is 606. The summed E-state index contributed by atoms with van der Waals surface area (Å²) in [6.07, 6.45) is 9.83. The number of hydrogen-bond acceptors (Lipinski definition) is 3. The molecule has 0 aliphatic heterocycles. The van der Waals surface area contributed by atoms with Gasteiger partial charge in [-0.15, -0.1) is 0 Å². The molecule has 0 heterocycles. The molecule has 0 aromatic carbocycles. The van der Waals surface area contributed by atoms with Crippen molar-refractivity contribution in [2.75, 3.05) is 7.11 Å². The summed E-state index contributed by atoms with van der Waals surface area (Å²) in [5.41, 5.74) is 1.42. The molecule has 8 unspecified atom stereocenters. The zero-order chi connectivity index (χ0) is 18.6. The van der Waals surface area contributed by atoms with E-state index in [4.69, 9.17) is 5.11 Å². The molecule has 8 atom stereocenters. The lowest BCUT2D eigenvalue weighted by Gasteiger charge is -2.58. The van der Waals surface area contributed by atoms with Crippen LogP contribution in [-0.4, -0.2) is 29.2 Å². The second-order valence-corrected chi connectivity index (χ2v) is 9.30. The Balaban J connectivity index is 0.000000880. The summed E-state index contributed by atoms with van der Waals surface area (Å²) in [6.45, 7) is 9.48. The van der Waals surface area contributed by atoms with E-state index in [0.29, 0.717) is 11.8 Å². The summed E-state index contributed by atoms with van der Waals surface area (Å²) in [4.78, 5) is 11.8. The fourth-order valence-electron chi connectivity index (χ4n) is 6.93. The fraction of sp³-hybridized carbons (Fsp3) is 0.773. The van der Waals surface area contributed by atoms with Crippen LogP contribution >= 0.6 is 0 Å². The molecule has 4 aliphatic rings. The van der Waals surface area contributed by atoms with Gasteiger partial charge in [0.2, 0.25) is 0 Å². The number of hydrogen-bond donors (Lipinski definition) is 2. The summed E-state index contributed by atoms with van der Waals surface area (Å²) in [5, 5.41) is 18.1. The van der Waals surface area contributed by atoms with E-state index in [0.717, 1.165) is 38.2 Å². The molecule has 0 spiro atoms. The maximum absolute atomic E-state index is 11.8.